The van der Waals surface area contributed by atoms with Gasteiger partial charge in [-0.25, -0.2) is 4.98 Å². The molecule has 0 saturated carbocycles. The van der Waals surface area contributed by atoms with Crippen molar-refractivity contribution in [3.05, 3.63) is 11.8 Å². The third-order valence-electron chi connectivity index (χ3n) is 2.40. The van der Waals surface area contributed by atoms with Crippen LogP contribution in [0.2, 0.25) is 0 Å². The van der Waals surface area contributed by atoms with Crippen LogP contribution in [0.3, 0.4) is 0 Å². The number of hydrogen-bond donors (Lipinski definition) is 1. The third-order valence-corrected chi connectivity index (χ3v) is 2.40. The van der Waals surface area contributed by atoms with Crippen molar-refractivity contribution in [2.75, 3.05) is 17.2 Å². The zero-order valence-electron chi connectivity index (χ0n) is 10.6. The van der Waals surface area contributed by atoms with Gasteiger partial charge >= 0.3 is 6.18 Å². The molecule has 0 aliphatic heterocycles. The van der Waals surface area contributed by atoms with Crippen molar-refractivity contribution in [1.29, 1.82) is 5.26 Å². The number of alkyl halides is 3. The second-order valence-corrected chi connectivity index (χ2v) is 4.16. The molecule has 0 aliphatic carbocycles. The molecule has 2 N–H and O–H groups in total. The SMILES string of the molecule is CC(C)N(CCC#N)c1cc(C(F)(F)F)nc(N)n1. The lowest BCUT2D eigenvalue weighted by atomic mass is 10.2. The number of rotatable bonds is 4. The predicted molar refractivity (Wildman–Crippen MR) is 64.2 cm³/mol. The van der Waals surface area contributed by atoms with Gasteiger partial charge in [-0.2, -0.15) is 23.4 Å². The minimum absolute atomic E-state index is 0.0741. The summed E-state index contributed by atoms with van der Waals surface area (Å²) < 4.78 is 37.9. The Morgan fingerprint density at radius 1 is 1.42 bits per heavy atom. The van der Waals surface area contributed by atoms with E-state index < -0.39 is 17.8 Å². The predicted octanol–water partition coefficient (Wildman–Crippen LogP) is 2.21. The van der Waals surface area contributed by atoms with Gasteiger partial charge in [0, 0.05) is 18.7 Å². The van der Waals surface area contributed by atoms with E-state index in [9.17, 15) is 13.2 Å². The largest absolute Gasteiger partial charge is 0.433 e. The lowest BCUT2D eigenvalue weighted by Gasteiger charge is -2.27. The summed E-state index contributed by atoms with van der Waals surface area (Å²) in [5.74, 6) is -0.363. The van der Waals surface area contributed by atoms with Gasteiger partial charge in [-0.05, 0) is 13.8 Å². The number of nitrogens with zero attached hydrogens (tertiary/aromatic N) is 4. The van der Waals surface area contributed by atoms with Crippen LogP contribution in [0.5, 0.6) is 0 Å². The Bertz CT molecular complexity index is 478. The normalized spacial score (nSPS) is 11.4. The van der Waals surface area contributed by atoms with Gasteiger partial charge in [0.05, 0.1) is 12.5 Å². The number of nitriles is 1. The van der Waals surface area contributed by atoms with Gasteiger partial charge in [0.2, 0.25) is 5.95 Å². The molecule has 0 radical (unpaired) electrons. The summed E-state index contributed by atoms with van der Waals surface area (Å²) in [7, 11) is 0. The van der Waals surface area contributed by atoms with Gasteiger partial charge < -0.3 is 10.6 Å². The summed E-state index contributed by atoms with van der Waals surface area (Å²) in [4.78, 5) is 8.56. The number of aromatic nitrogens is 2. The Kier molecular flexibility index (Phi) is 4.53. The van der Waals surface area contributed by atoms with E-state index in [1.807, 2.05) is 6.07 Å². The molecule has 0 bridgehead atoms. The number of halogens is 3. The number of nitrogen functional groups attached to an aromatic ring is 1. The Morgan fingerprint density at radius 3 is 2.53 bits per heavy atom. The van der Waals surface area contributed by atoms with E-state index in [-0.39, 0.29) is 24.8 Å². The van der Waals surface area contributed by atoms with Gasteiger partial charge in [-0.1, -0.05) is 0 Å². The second kappa shape index (κ2) is 5.73. The van der Waals surface area contributed by atoms with Crippen LogP contribution in [0.4, 0.5) is 24.9 Å². The molecular formula is C11H14F3N5. The van der Waals surface area contributed by atoms with Crippen LogP contribution in [0.1, 0.15) is 26.0 Å². The molecule has 1 aromatic heterocycles. The van der Waals surface area contributed by atoms with Crippen LogP contribution in [0, 0.1) is 11.3 Å². The number of anilines is 2. The van der Waals surface area contributed by atoms with Crippen molar-refractivity contribution in [2.24, 2.45) is 0 Å². The number of nitrogens with two attached hydrogens (primary N) is 1. The third kappa shape index (κ3) is 3.98. The summed E-state index contributed by atoms with van der Waals surface area (Å²) in [6.07, 6.45) is -4.40. The van der Waals surface area contributed by atoms with E-state index in [0.29, 0.717) is 0 Å². The average molecular weight is 273 g/mol. The van der Waals surface area contributed by atoms with Crippen LogP contribution in [-0.2, 0) is 6.18 Å². The highest BCUT2D eigenvalue weighted by Crippen LogP contribution is 2.30. The van der Waals surface area contributed by atoms with Crippen LogP contribution in [0.25, 0.3) is 0 Å². The Balaban J connectivity index is 3.17. The molecule has 104 valence electrons. The summed E-state index contributed by atoms with van der Waals surface area (Å²) in [6.45, 7) is 3.87. The van der Waals surface area contributed by atoms with Crippen molar-refractivity contribution in [1.82, 2.24) is 9.97 Å². The maximum atomic E-state index is 12.6. The molecule has 1 rings (SSSR count). The van der Waals surface area contributed by atoms with E-state index >= 15 is 0 Å². The Labute approximate surface area is 108 Å². The first kappa shape index (κ1) is 15.0. The molecule has 5 nitrogen and oxygen atoms in total. The zero-order chi connectivity index (χ0) is 14.6. The van der Waals surface area contributed by atoms with Crippen LogP contribution >= 0.6 is 0 Å². The van der Waals surface area contributed by atoms with Crippen molar-refractivity contribution in [2.45, 2.75) is 32.5 Å². The maximum Gasteiger partial charge on any atom is 0.433 e. The highest BCUT2D eigenvalue weighted by molar-refractivity contribution is 5.45. The minimum Gasteiger partial charge on any atom is -0.368 e. The molecule has 0 aromatic carbocycles. The van der Waals surface area contributed by atoms with Gasteiger partial charge in [-0.15, -0.1) is 0 Å². The van der Waals surface area contributed by atoms with Crippen molar-refractivity contribution in [3.63, 3.8) is 0 Å². The highest BCUT2D eigenvalue weighted by Gasteiger charge is 2.34. The molecule has 0 unspecified atom stereocenters. The van der Waals surface area contributed by atoms with Crippen LogP contribution in [-0.4, -0.2) is 22.6 Å². The molecule has 1 heterocycles. The monoisotopic (exact) mass is 273 g/mol. The summed E-state index contributed by atoms with van der Waals surface area (Å²) in [6, 6.07) is 2.68. The average Bonchev–Trinajstić information content (AvgIpc) is 2.27. The van der Waals surface area contributed by atoms with Crippen LogP contribution < -0.4 is 10.6 Å². The first-order valence-corrected chi connectivity index (χ1v) is 5.61. The van der Waals surface area contributed by atoms with Crippen molar-refractivity contribution < 1.29 is 13.2 Å². The van der Waals surface area contributed by atoms with Crippen molar-refractivity contribution in [3.8, 4) is 6.07 Å². The Hall–Kier alpha value is -2.04. The molecule has 0 spiro atoms. The second-order valence-electron chi connectivity index (χ2n) is 4.16. The smallest absolute Gasteiger partial charge is 0.368 e. The van der Waals surface area contributed by atoms with Gasteiger partial charge in [-0.3, -0.25) is 0 Å². The summed E-state index contributed by atoms with van der Waals surface area (Å²) >= 11 is 0. The number of hydrogen-bond acceptors (Lipinski definition) is 5. The molecule has 0 saturated heterocycles. The van der Waals surface area contributed by atoms with Gasteiger partial charge in [0.25, 0.3) is 0 Å². The van der Waals surface area contributed by atoms with E-state index in [4.69, 9.17) is 11.0 Å². The molecule has 0 amide bonds. The summed E-state index contributed by atoms with van der Waals surface area (Å²) in [5, 5.41) is 8.57. The first-order valence-electron chi connectivity index (χ1n) is 5.61. The van der Waals surface area contributed by atoms with Gasteiger partial charge in [0.15, 0.2) is 5.69 Å². The summed E-state index contributed by atoms with van der Waals surface area (Å²) in [5.41, 5.74) is 4.22. The fraction of sp³-hybridized carbons (Fsp3) is 0.545. The lowest BCUT2D eigenvalue weighted by molar-refractivity contribution is -0.141. The zero-order valence-corrected chi connectivity index (χ0v) is 10.6. The van der Waals surface area contributed by atoms with Crippen LogP contribution in [0.15, 0.2) is 6.07 Å². The van der Waals surface area contributed by atoms with Gasteiger partial charge in [0.1, 0.15) is 5.82 Å². The molecule has 8 heteroatoms. The molecule has 19 heavy (non-hydrogen) atoms. The topological polar surface area (TPSA) is 78.8 Å². The standard InChI is InChI=1S/C11H14F3N5/c1-7(2)19(5-3-4-15)9-6-8(11(12,13)14)17-10(16)18-9/h6-7H,3,5H2,1-2H3,(H2,16,17,18). The molecular weight excluding hydrogens is 259 g/mol. The van der Waals surface area contributed by atoms with E-state index in [0.717, 1.165) is 6.07 Å². The van der Waals surface area contributed by atoms with E-state index in [2.05, 4.69) is 9.97 Å². The highest BCUT2D eigenvalue weighted by atomic mass is 19.4. The fourth-order valence-electron chi connectivity index (χ4n) is 1.55. The lowest BCUT2D eigenvalue weighted by Crippen LogP contribution is -2.33. The molecule has 1 aromatic rings. The Morgan fingerprint density at radius 2 is 2.05 bits per heavy atom. The van der Waals surface area contributed by atoms with E-state index in [1.54, 1.807) is 18.7 Å². The quantitative estimate of drug-likeness (QED) is 0.909. The minimum atomic E-state index is -4.58. The molecule has 0 fully saturated rings. The fourth-order valence-corrected chi connectivity index (χ4v) is 1.55. The first-order chi connectivity index (χ1) is 8.75. The van der Waals surface area contributed by atoms with Crippen molar-refractivity contribution >= 4 is 11.8 Å². The molecule has 0 aliphatic rings. The maximum absolute atomic E-state index is 12.6. The molecule has 0 atom stereocenters. The van der Waals surface area contributed by atoms with E-state index in [1.165, 1.54) is 0 Å².